The number of aliphatic hydroxyl groups is 1. The van der Waals surface area contributed by atoms with Crippen LogP contribution in [0.4, 0.5) is 0 Å². The zero-order valence-corrected chi connectivity index (χ0v) is 9.41. The highest BCUT2D eigenvalue weighted by Gasteiger charge is 2.21. The van der Waals surface area contributed by atoms with Crippen LogP contribution in [-0.4, -0.2) is 48.5 Å². The molecule has 0 aromatic rings. The van der Waals surface area contributed by atoms with Crippen LogP contribution in [0.15, 0.2) is 0 Å². The van der Waals surface area contributed by atoms with E-state index in [0.717, 1.165) is 25.9 Å². The second-order valence-electron chi connectivity index (χ2n) is 4.09. The van der Waals surface area contributed by atoms with Gasteiger partial charge in [-0.2, -0.15) is 0 Å². The summed E-state index contributed by atoms with van der Waals surface area (Å²) in [7, 11) is 0. The number of likely N-dealkylation sites (tertiary alicyclic amines) is 1. The van der Waals surface area contributed by atoms with E-state index in [1.165, 1.54) is 6.42 Å². The Balaban J connectivity index is 2.17. The van der Waals surface area contributed by atoms with Crippen molar-refractivity contribution in [3.63, 3.8) is 0 Å². The number of aliphatic hydroxyl groups excluding tert-OH is 1. The van der Waals surface area contributed by atoms with Crippen LogP contribution in [0.1, 0.15) is 33.1 Å². The summed E-state index contributed by atoms with van der Waals surface area (Å²) < 4.78 is 5.52. The van der Waals surface area contributed by atoms with Crippen LogP contribution < -0.4 is 0 Å². The number of hydrogen-bond donors (Lipinski definition) is 1. The molecule has 84 valence electrons. The van der Waals surface area contributed by atoms with E-state index in [0.29, 0.717) is 18.8 Å². The minimum atomic E-state index is 0.144. The molecule has 1 saturated heterocycles. The van der Waals surface area contributed by atoms with Gasteiger partial charge in [0.2, 0.25) is 0 Å². The molecule has 0 bridgehead atoms. The molecular formula is C11H23NO2. The molecule has 0 aromatic carbocycles. The summed E-state index contributed by atoms with van der Waals surface area (Å²) >= 11 is 0. The van der Waals surface area contributed by atoms with Crippen LogP contribution in [0.2, 0.25) is 0 Å². The average Bonchev–Trinajstić information content (AvgIpc) is 2.26. The van der Waals surface area contributed by atoms with Crippen LogP contribution in [0.5, 0.6) is 0 Å². The molecule has 3 nitrogen and oxygen atoms in total. The lowest BCUT2D eigenvalue weighted by molar-refractivity contribution is -0.0141. The molecule has 1 heterocycles. The van der Waals surface area contributed by atoms with Gasteiger partial charge in [-0.25, -0.2) is 0 Å². The monoisotopic (exact) mass is 201 g/mol. The topological polar surface area (TPSA) is 32.7 Å². The Morgan fingerprint density at radius 2 is 2.07 bits per heavy atom. The Kier molecular flexibility index (Phi) is 5.45. The first kappa shape index (κ1) is 12.0. The van der Waals surface area contributed by atoms with Crippen molar-refractivity contribution in [2.45, 2.75) is 45.3 Å². The first-order valence-corrected chi connectivity index (χ1v) is 5.74. The molecule has 1 unspecified atom stereocenters. The van der Waals surface area contributed by atoms with Gasteiger partial charge in [0.1, 0.15) is 0 Å². The Morgan fingerprint density at radius 1 is 1.43 bits per heavy atom. The van der Waals surface area contributed by atoms with Crippen molar-refractivity contribution in [2.24, 2.45) is 0 Å². The molecule has 1 fully saturated rings. The van der Waals surface area contributed by atoms with Crippen molar-refractivity contribution in [1.82, 2.24) is 4.90 Å². The van der Waals surface area contributed by atoms with E-state index in [-0.39, 0.29) is 6.61 Å². The molecule has 0 aromatic heterocycles. The number of piperidine rings is 1. The van der Waals surface area contributed by atoms with Crippen molar-refractivity contribution in [3.05, 3.63) is 0 Å². The molecular weight excluding hydrogens is 178 g/mol. The van der Waals surface area contributed by atoms with Crippen molar-refractivity contribution in [1.29, 1.82) is 0 Å². The van der Waals surface area contributed by atoms with Gasteiger partial charge in [0.15, 0.2) is 0 Å². The van der Waals surface area contributed by atoms with Gasteiger partial charge in [0.25, 0.3) is 0 Å². The van der Waals surface area contributed by atoms with Gasteiger partial charge in [0, 0.05) is 19.1 Å². The molecule has 0 saturated carbocycles. The van der Waals surface area contributed by atoms with Crippen LogP contribution >= 0.6 is 0 Å². The molecule has 0 spiro atoms. The molecule has 1 aliphatic rings. The van der Waals surface area contributed by atoms with E-state index < -0.39 is 0 Å². The highest BCUT2D eigenvalue weighted by molar-refractivity contribution is 4.75. The third kappa shape index (κ3) is 3.56. The Hall–Kier alpha value is -0.120. The van der Waals surface area contributed by atoms with E-state index in [9.17, 15) is 0 Å². The van der Waals surface area contributed by atoms with Crippen LogP contribution in [-0.2, 0) is 4.74 Å². The molecule has 0 aliphatic carbocycles. The zero-order chi connectivity index (χ0) is 10.4. The van der Waals surface area contributed by atoms with Crippen molar-refractivity contribution in [2.75, 3.05) is 26.3 Å². The van der Waals surface area contributed by atoms with Crippen molar-refractivity contribution >= 4 is 0 Å². The SMILES string of the molecule is CCC(C)N1CCC(OCCO)CC1. The Morgan fingerprint density at radius 3 is 2.57 bits per heavy atom. The summed E-state index contributed by atoms with van der Waals surface area (Å²) in [5.41, 5.74) is 0. The highest BCUT2D eigenvalue weighted by Crippen LogP contribution is 2.16. The fourth-order valence-electron chi connectivity index (χ4n) is 1.96. The van der Waals surface area contributed by atoms with Gasteiger partial charge in [-0.1, -0.05) is 6.92 Å². The smallest absolute Gasteiger partial charge is 0.0701 e. The van der Waals surface area contributed by atoms with Crippen LogP contribution in [0, 0.1) is 0 Å². The predicted molar refractivity (Wildman–Crippen MR) is 57.4 cm³/mol. The minimum Gasteiger partial charge on any atom is -0.394 e. The second kappa shape index (κ2) is 6.38. The quantitative estimate of drug-likeness (QED) is 0.727. The largest absolute Gasteiger partial charge is 0.394 e. The lowest BCUT2D eigenvalue weighted by atomic mass is 10.1. The van der Waals surface area contributed by atoms with Gasteiger partial charge >= 0.3 is 0 Å². The maximum Gasteiger partial charge on any atom is 0.0701 e. The number of hydrogen-bond acceptors (Lipinski definition) is 3. The molecule has 0 amide bonds. The molecule has 1 rings (SSSR count). The third-order valence-corrected chi connectivity index (χ3v) is 3.14. The van der Waals surface area contributed by atoms with Gasteiger partial charge in [-0.05, 0) is 26.2 Å². The second-order valence-corrected chi connectivity index (χ2v) is 4.09. The number of rotatable bonds is 5. The Labute approximate surface area is 87.1 Å². The molecule has 1 aliphatic heterocycles. The van der Waals surface area contributed by atoms with E-state index in [1.807, 2.05) is 0 Å². The van der Waals surface area contributed by atoms with E-state index in [1.54, 1.807) is 0 Å². The van der Waals surface area contributed by atoms with Gasteiger partial charge in [-0.15, -0.1) is 0 Å². The summed E-state index contributed by atoms with van der Waals surface area (Å²) in [4.78, 5) is 2.53. The summed E-state index contributed by atoms with van der Waals surface area (Å²) in [5.74, 6) is 0. The minimum absolute atomic E-state index is 0.144. The van der Waals surface area contributed by atoms with E-state index in [4.69, 9.17) is 9.84 Å². The third-order valence-electron chi connectivity index (χ3n) is 3.14. The normalized spacial score (nSPS) is 22.5. The first-order valence-electron chi connectivity index (χ1n) is 5.74. The summed E-state index contributed by atoms with van der Waals surface area (Å²) in [6.07, 6.45) is 3.83. The zero-order valence-electron chi connectivity index (χ0n) is 9.41. The molecule has 1 atom stereocenters. The lowest BCUT2D eigenvalue weighted by Gasteiger charge is -2.35. The van der Waals surface area contributed by atoms with Crippen LogP contribution in [0.25, 0.3) is 0 Å². The molecule has 3 heteroatoms. The highest BCUT2D eigenvalue weighted by atomic mass is 16.5. The van der Waals surface area contributed by atoms with Crippen LogP contribution in [0.3, 0.4) is 0 Å². The number of nitrogens with zero attached hydrogens (tertiary/aromatic N) is 1. The fourth-order valence-corrected chi connectivity index (χ4v) is 1.96. The first-order chi connectivity index (χ1) is 6.77. The predicted octanol–water partition coefficient (Wildman–Crippen LogP) is 1.26. The van der Waals surface area contributed by atoms with Gasteiger partial charge in [-0.3, -0.25) is 0 Å². The summed E-state index contributed by atoms with van der Waals surface area (Å²) in [6, 6.07) is 0.703. The maximum absolute atomic E-state index is 8.64. The Bertz CT molecular complexity index is 144. The standard InChI is InChI=1S/C11H23NO2/c1-3-10(2)12-6-4-11(5-7-12)14-9-8-13/h10-11,13H,3-9H2,1-2H3. The molecule has 14 heavy (non-hydrogen) atoms. The van der Waals surface area contributed by atoms with Crippen molar-refractivity contribution in [3.8, 4) is 0 Å². The average molecular weight is 201 g/mol. The van der Waals surface area contributed by atoms with Crippen molar-refractivity contribution < 1.29 is 9.84 Å². The summed E-state index contributed by atoms with van der Waals surface area (Å²) in [6.45, 7) is 7.45. The number of ether oxygens (including phenoxy) is 1. The molecule has 1 N–H and O–H groups in total. The lowest BCUT2D eigenvalue weighted by Crippen LogP contribution is -2.42. The summed E-state index contributed by atoms with van der Waals surface area (Å²) in [5, 5.41) is 8.64. The maximum atomic E-state index is 8.64. The van der Waals surface area contributed by atoms with E-state index >= 15 is 0 Å². The van der Waals surface area contributed by atoms with Gasteiger partial charge in [0.05, 0.1) is 19.3 Å². The van der Waals surface area contributed by atoms with Gasteiger partial charge < -0.3 is 14.7 Å². The fraction of sp³-hybridized carbons (Fsp3) is 1.00. The van der Waals surface area contributed by atoms with E-state index in [2.05, 4.69) is 18.7 Å². The molecule has 0 radical (unpaired) electrons.